The fraction of sp³-hybridized carbons (Fsp3) is 0.533. The second kappa shape index (κ2) is 4.36. The molecule has 0 spiro atoms. The molecule has 0 aromatic heterocycles. The van der Waals surface area contributed by atoms with Crippen LogP contribution >= 0.6 is 11.8 Å². The summed E-state index contributed by atoms with van der Waals surface area (Å²) in [6.45, 7) is 4.02. The Morgan fingerprint density at radius 2 is 1.91 bits per heavy atom. The number of aliphatic hydroxyl groups is 1. The maximum atomic E-state index is 14.8. The van der Waals surface area contributed by atoms with Crippen LogP contribution in [0.3, 0.4) is 0 Å². The van der Waals surface area contributed by atoms with Crippen LogP contribution in [0.15, 0.2) is 23.2 Å². The van der Waals surface area contributed by atoms with Gasteiger partial charge in [-0.05, 0) is 39.0 Å². The Kier molecular flexibility index (Phi) is 3.12. The SMILES string of the molecule is CC(C)(O)[C@@]12SC(N)=N[C@](C)(c3cc(N)ccc3F)[C@@H]1C2(F)F. The number of hydrogen-bond donors (Lipinski definition) is 3. The fourth-order valence-corrected chi connectivity index (χ4v) is 5.28. The molecule has 8 heteroatoms. The van der Waals surface area contributed by atoms with E-state index in [9.17, 15) is 18.3 Å². The number of rotatable bonds is 2. The number of nitrogens with zero attached hydrogens (tertiary/aromatic N) is 1. The first-order chi connectivity index (χ1) is 10.4. The normalized spacial score (nSPS) is 35.4. The topological polar surface area (TPSA) is 84.6 Å². The zero-order chi connectivity index (χ0) is 17.4. The first-order valence-corrected chi connectivity index (χ1v) is 7.89. The highest BCUT2D eigenvalue weighted by atomic mass is 32.2. The monoisotopic (exact) mass is 345 g/mol. The molecule has 1 aliphatic heterocycles. The summed E-state index contributed by atoms with van der Waals surface area (Å²) >= 11 is 0.658. The van der Waals surface area contributed by atoms with E-state index in [2.05, 4.69) is 4.99 Å². The summed E-state index contributed by atoms with van der Waals surface area (Å²) in [5, 5.41) is 10.3. The van der Waals surface area contributed by atoms with Gasteiger partial charge in [-0.3, -0.25) is 4.99 Å². The van der Waals surface area contributed by atoms with Gasteiger partial charge in [-0.1, -0.05) is 11.8 Å². The van der Waals surface area contributed by atoms with Gasteiger partial charge in [0.25, 0.3) is 5.92 Å². The molecular weight excluding hydrogens is 327 g/mol. The minimum atomic E-state index is -3.26. The summed E-state index contributed by atoms with van der Waals surface area (Å²) < 4.78 is 42.0. The van der Waals surface area contributed by atoms with Crippen LogP contribution in [-0.2, 0) is 5.54 Å². The lowest BCUT2D eigenvalue weighted by atomic mass is 9.83. The van der Waals surface area contributed by atoms with Crippen molar-refractivity contribution in [3.63, 3.8) is 0 Å². The molecular formula is C15H18F3N3OS. The minimum absolute atomic E-state index is 0.0449. The first-order valence-electron chi connectivity index (χ1n) is 7.08. The van der Waals surface area contributed by atoms with Crippen molar-refractivity contribution in [3.05, 3.63) is 29.6 Å². The van der Waals surface area contributed by atoms with E-state index in [0.717, 1.165) is 6.07 Å². The van der Waals surface area contributed by atoms with Crippen molar-refractivity contribution in [1.82, 2.24) is 0 Å². The predicted octanol–water partition coefficient (Wildman–Crippen LogP) is 2.46. The number of hydrogen-bond acceptors (Lipinski definition) is 5. The molecule has 126 valence electrons. The van der Waals surface area contributed by atoms with Crippen LogP contribution in [0, 0.1) is 11.7 Å². The summed E-state index contributed by atoms with van der Waals surface area (Å²) in [4.78, 5) is 4.13. The zero-order valence-electron chi connectivity index (χ0n) is 12.9. The highest BCUT2D eigenvalue weighted by molar-refractivity contribution is 8.15. The molecule has 0 bridgehead atoms. The van der Waals surface area contributed by atoms with Crippen LogP contribution in [0.2, 0.25) is 0 Å². The van der Waals surface area contributed by atoms with Crippen molar-refractivity contribution >= 4 is 22.6 Å². The Balaban J connectivity index is 2.24. The van der Waals surface area contributed by atoms with Gasteiger partial charge in [-0.15, -0.1) is 0 Å². The molecule has 1 aromatic rings. The van der Waals surface area contributed by atoms with E-state index in [1.54, 1.807) is 0 Å². The van der Waals surface area contributed by atoms with Crippen molar-refractivity contribution in [2.24, 2.45) is 16.6 Å². The van der Waals surface area contributed by atoms with E-state index in [-0.39, 0.29) is 16.4 Å². The maximum absolute atomic E-state index is 14.8. The van der Waals surface area contributed by atoms with E-state index in [1.807, 2.05) is 0 Å². The predicted molar refractivity (Wildman–Crippen MR) is 84.8 cm³/mol. The highest BCUT2D eigenvalue weighted by Crippen LogP contribution is 2.77. The second-order valence-corrected chi connectivity index (χ2v) is 8.06. The smallest absolute Gasteiger partial charge is 0.273 e. The van der Waals surface area contributed by atoms with Gasteiger partial charge in [0, 0.05) is 11.3 Å². The van der Waals surface area contributed by atoms with Crippen molar-refractivity contribution in [2.75, 3.05) is 5.73 Å². The Morgan fingerprint density at radius 3 is 2.48 bits per heavy atom. The molecule has 0 amide bonds. The van der Waals surface area contributed by atoms with Gasteiger partial charge < -0.3 is 16.6 Å². The number of nitrogen functional groups attached to an aromatic ring is 1. The lowest BCUT2D eigenvalue weighted by Gasteiger charge is -2.37. The Hall–Kier alpha value is -1.41. The van der Waals surface area contributed by atoms with E-state index < -0.39 is 33.5 Å². The molecule has 0 unspecified atom stereocenters. The third kappa shape index (κ3) is 1.88. The van der Waals surface area contributed by atoms with E-state index in [0.29, 0.717) is 11.8 Å². The van der Waals surface area contributed by atoms with Gasteiger partial charge in [0.2, 0.25) is 0 Å². The first kappa shape index (κ1) is 16.4. The van der Waals surface area contributed by atoms with Crippen LogP contribution in [0.1, 0.15) is 26.3 Å². The molecule has 3 rings (SSSR count). The molecule has 1 aliphatic carbocycles. The Labute approximate surface area is 136 Å². The zero-order valence-corrected chi connectivity index (χ0v) is 13.7. The van der Waals surface area contributed by atoms with E-state index in [4.69, 9.17) is 11.5 Å². The summed E-state index contributed by atoms with van der Waals surface area (Å²) in [5.74, 6) is -5.33. The van der Waals surface area contributed by atoms with Gasteiger partial charge in [0.05, 0.1) is 17.1 Å². The number of alkyl halides is 2. The molecule has 1 fully saturated rings. The molecule has 5 N–H and O–H groups in total. The number of benzene rings is 1. The molecule has 3 atom stereocenters. The number of nitrogens with two attached hydrogens (primary N) is 2. The standard InChI is InChI=1S/C15H18F3N3OS/c1-12(2,22)14-10(15(14,17)18)13(3,21-11(20)23-14)8-6-7(19)4-5-9(8)16/h4-6,10,22H,19H2,1-3H3,(H2,20,21)/t10-,13+,14-/m0/s1. The third-order valence-electron chi connectivity index (χ3n) is 4.80. The summed E-state index contributed by atoms with van der Waals surface area (Å²) in [6.07, 6.45) is 0. The average molecular weight is 345 g/mol. The van der Waals surface area contributed by atoms with Crippen molar-refractivity contribution in [1.29, 1.82) is 0 Å². The van der Waals surface area contributed by atoms with Gasteiger partial charge in [0.15, 0.2) is 5.17 Å². The molecule has 0 saturated heterocycles. The summed E-state index contributed by atoms with van der Waals surface area (Å²) in [6, 6.07) is 3.77. The molecule has 23 heavy (non-hydrogen) atoms. The van der Waals surface area contributed by atoms with Crippen molar-refractivity contribution in [3.8, 4) is 0 Å². The number of aliphatic imine (C=N–C) groups is 1. The minimum Gasteiger partial charge on any atom is -0.399 e. The van der Waals surface area contributed by atoms with Crippen LogP contribution in [-0.4, -0.2) is 26.5 Å². The van der Waals surface area contributed by atoms with Crippen molar-refractivity contribution < 1.29 is 18.3 Å². The van der Waals surface area contributed by atoms with Crippen LogP contribution in [0.25, 0.3) is 0 Å². The lowest BCUT2D eigenvalue weighted by Crippen LogP contribution is -2.47. The van der Waals surface area contributed by atoms with Gasteiger partial charge in [-0.2, -0.15) is 0 Å². The van der Waals surface area contributed by atoms with E-state index >= 15 is 0 Å². The van der Waals surface area contributed by atoms with Gasteiger partial charge in [0.1, 0.15) is 10.6 Å². The van der Waals surface area contributed by atoms with Crippen LogP contribution < -0.4 is 11.5 Å². The molecule has 1 heterocycles. The molecule has 1 aromatic carbocycles. The number of anilines is 1. The number of thioether (sulfide) groups is 1. The average Bonchev–Trinajstić information content (AvgIpc) is 2.90. The molecule has 4 nitrogen and oxygen atoms in total. The third-order valence-corrected chi connectivity index (χ3v) is 6.43. The van der Waals surface area contributed by atoms with E-state index in [1.165, 1.54) is 32.9 Å². The van der Waals surface area contributed by atoms with Gasteiger partial charge in [-0.25, -0.2) is 13.2 Å². The highest BCUT2D eigenvalue weighted by Gasteiger charge is 2.91. The van der Waals surface area contributed by atoms with Gasteiger partial charge >= 0.3 is 0 Å². The number of fused-ring (bicyclic) bond motifs is 1. The maximum Gasteiger partial charge on any atom is 0.273 e. The number of amidine groups is 1. The largest absolute Gasteiger partial charge is 0.399 e. The Bertz CT molecular complexity index is 718. The summed E-state index contributed by atoms with van der Waals surface area (Å²) in [5.41, 5.74) is 8.31. The Morgan fingerprint density at radius 1 is 1.30 bits per heavy atom. The quantitative estimate of drug-likeness (QED) is 0.719. The van der Waals surface area contributed by atoms with Crippen LogP contribution in [0.5, 0.6) is 0 Å². The molecule has 2 aliphatic rings. The number of halogens is 3. The lowest BCUT2D eigenvalue weighted by molar-refractivity contribution is 0.0124. The van der Waals surface area contributed by atoms with Crippen LogP contribution in [0.4, 0.5) is 18.9 Å². The summed E-state index contributed by atoms with van der Waals surface area (Å²) in [7, 11) is 0. The van der Waals surface area contributed by atoms with Crippen molar-refractivity contribution in [2.45, 2.75) is 42.6 Å². The fourth-order valence-electron chi connectivity index (χ4n) is 3.77. The molecule has 1 saturated carbocycles. The molecule has 0 radical (unpaired) electrons. The second-order valence-electron chi connectivity index (χ2n) is 6.79.